The van der Waals surface area contributed by atoms with Crippen LogP contribution in [0.2, 0.25) is 0 Å². The Labute approximate surface area is 117 Å². The smallest absolute Gasteiger partial charge is 0.304 e. The summed E-state index contributed by atoms with van der Waals surface area (Å²) in [6.45, 7) is 14.2. The van der Waals surface area contributed by atoms with Gasteiger partial charge in [0.05, 0.1) is 0 Å². The Morgan fingerprint density at radius 3 is 2.53 bits per heavy atom. The number of hydrogen-bond acceptors (Lipinski definition) is 2. The summed E-state index contributed by atoms with van der Waals surface area (Å²) in [7, 11) is 0. The van der Waals surface area contributed by atoms with Crippen LogP contribution >= 0.6 is 0 Å². The summed E-state index contributed by atoms with van der Waals surface area (Å²) < 4.78 is 5.36. The first-order valence-corrected chi connectivity index (χ1v) is 6.92. The minimum Gasteiger partial charge on any atom is -0.446 e. The van der Waals surface area contributed by atoms with Crippen molar-refractivity contribution in [2.24, 2.45) is 10.8 Å². The van der Waals surface area contributed by atoms with Gasteiger partial charge in [-0.2, -0.15) is 0 Å². The fraction of sp³-hybridized carbons (Fsp3) is 0.706. The first-order valence-electron chi connectivity index (χ1n) is 6.92. The number of ether oxygens (including phenoxy) is 1. The molecular formula is C17H26O2. The van der Waals surface area contributed by atoms with Crippen LogP contribution in [-0.4, -0.2) is 11.6 Å². The lowest BCUT2D eigenvalue weighted by atomic mass is 9.58. The van der Waals surface area contributed by atoms with E-state index in [1.165, 1.54) is 12.5 Å². The molecule has 2 nitrogen and oxygen atoms in total. The van der Waals surface area contributed by atoms with Gasteiger partial charge >= 0.3 is 5.97 Å². The number of hydrogen-bond donors (Lipinski definition) is 0. The van der Waals surface area contributed by atoms with Crippen LogP contribution < -0.4 is 0 Å². The molecule has 0 unspecified atom stereocenters. The molecule has 1 rings (SSSR count). The van der Waals surface area contributed by atoms with Gasteiger partial charge in [0.2, 0.25) is 0 Å². The first kappa shape index (κ1) is 15.8. The fourth-order valence-electron chi connectivity index (χ4n) is 3.41. The largest absolute Gasteiger partial charge is 0.446 e. The van der Waals surface area contributed by atoms with Crippen molar-refractivity contribution in [3.63, 3.8) is 0 Å². The number of allylic oxidation sites excluding steroid dienone is 1. The first-order chi connectivity index (χ1) is 8.55. The van der Waals surface area contributed by atoms with E-state index in [0.29, 0.717) is 6.42 Å². The van der Waals surface area contributed by atoms with Crippen molar-refractivity contribution >= 4 is 5.97 Å². The van der Waals surface area contributed by atoms with Gasteiger partial charge in [0.15, 0.2) is 5.60 Å². The van der Waals surface area contributed by atoms with Crippen LogP contribution in [0.5, 0.6) is 0 Å². The van der Waals surface area contributed by atoms with Crippen LogP contribution in [-0.2, 0) is 9.53 Å². The van der Waals surface area contributed by atoms with Crippen molar-refractivity contribution in [2.45, 2.75) is 65.9 Å². The molecule has 0 bridgehead atoms. The zero-order valence-corrected chi connectivity index (χ0v) is 12.9. The second-order valence-corrected chi connectivity index (χ2v) is 6.92. The summed E-state index contributed by atoms with van der Waals surface area (Å²) >= 11 is 0. The highest BCUT2D eigenvalue weighted by molar-refractivity contribution is 5.67. The van der Waals surface area contributed by atoms with Crippen molar-refractivity contribution in [1.29, 1.82) is 0 Å². The van der Waals surface area contributed by atoms with Crippen molar-refractivity contribution in [3.05, 3.63) is 12.2 Å². The topological polar surface area (TPSA) is 26.3 Å². The molecule has 19 heavy (non-hydrogen) atoms. The van der Waals surface area contributed by atoms with E-state index in [4.69, 9.17) is 11.2 Å². The summed E-state index contributed by atoms with van der Waals surface area (Å²) in [6.07, 6.45) is 9.58. The Hall–Kier alpha value is -1.23. The third-order valence-electron chi connectivity index (χ3n) is 4.48. The van der Waals surface area contributed by atoms with Gasteiger partial charge in [0.1, 0.15) is 0 Å². The van der Waals surface area contributed by atoms with Crippen molar-refractivity contribution < 1.29 is 9.53 Å². The second-order valence-electron chi connectivity index (χ2n) is 6.92. The molecule has 0 spiro atoms. The number of esters is 1. The van der Waals surface area contributed by atoms with E-state index in [1.54, 1.807) is 0 Å². The van der Waals surface area contributed by atoms with Crippen LogP contribution in [0, 0.1) is 23.2 Å². The molecule has 0 aliphatic heterocycles. The third kappa shape index (κ3) is 3.41. The number of rotatable bonds is 3. The van der Waals surface area contributed by atoms with E-state index >= 15 is 0 Å². The highest BCUT2D eigenvalue weighted by atomic mass is 16.6. The lowest BCUT2D eigenvalue weighted by Crippen LogP contribution is -2.41. The molecule has 0 aromatic heterocycles. The predicted octanol–water partition coefficient (Wildman–Crippen LogP) is 4.10. The Balaban J connectivity index is 2.98. The van der Waals surface area contributed by atoms with Crippen molar-refractivity contribution in [2.75, 3.05) is 0 Å². The Bertz CT molecular complexity index is 427. The van der Waals surface area contributed by atoms with Crippen molar-refractivity contribution in [3.8, 4) is 12.3 Å². The molecule has 0 N–H and O–H groups in total. The summed E-state index contributed by atoms with van der Waals surface area (Å²) in [5, 5.41) is 0. The summed E-state index contributed by atoms with van der Waals surface area (Å²) in [5.41, 5.74) is 0.424. The molecule has 2 heteroatoms. The van der Waals surface area contributed by atoms with Crippen LogP contribution in [0.3, 0.4) is 0 Å². The minimum absolute atomic E-state index is 0.0711. The van der Waals surface area contributed by atoms with Gasteiger partial charge in [0, 0.05) is 13.3 Å². The van der Waals surface area contributed by atoms with E-state index in [0.717, 1.165) is 19.3 Å². The Morgan fingerprint density at radius 1 is 1.47 bits per heavy atom. The van der Waals surface area contributed by atoms with E-state index < -0.39 is 5.60 Å². The van der Waals surface area contributed by atoms with E-state index in [1.807, 2.05) is 6.92 Å². The van der Waals surface area contributed by atoms with Gasteiger partial charge in [-0.3, -0.25) is 4.79 Å². The zero-order chi connectivity index (χ0) is 14.9. The number of carbonyl (C=O) groups is 1. The number of terminal acetylenes is 1. The maximum Gasteiger partial charge on any atom is 0.304 e. The standard InChI is InChI=1S/C17H26O2/c1-8-17(7,19-14(3)18)12-16(6)11-9-10-15(4,5)13(16)2/h1H,2,9-12H2,3-7H3/t16-,17-/m0/s1. The molecule has 0 amide bonds. The lowest BCUT2D eigenvalue weighted by Gasteiger charge is -2.47. The monoisotopic (exact) mass is 262 g/mol. The molecule has 0 aromatic carbocycles. The molecule has 1 aliphatic carbocycles. The predicted molar refractivity (Wildman–Crippen MR) is 78.5 cm³/mol. The molecule has 106 valence electrons. The van der Waals surface area contributed by atoms with Crippen molar-refractivity contribution in [1.82, 2.24) is 0 Å². The van der Waals surface area contributed by atoms with Gasteiger partial charge in [-0.1, -0.05) is 45.3 Å². The molecular weight excluding hydrogens is 236 g/mol. The molecule has 1 saturated carbocycles. The van der Waals surface area contributed by atoms with Crippen LogP contribution in [0.1, 0.15) is 60.3 Å². The summed E-state index contributed by atoms with van der Waals surface area (Å²) in [5.74, 6) is 2.32. The van der Waals surface area contributed by atoms with Gasteiger partial charge in [-0.25, -0.2) is 0 Å². The zero-order valence-electron chi connectivity index (χ0n) is 12.9. The normalized spacial score (nSPS) is 29.2. The molecule has 0 heterocycles. The Kier molecular flexibility index (Phi) is 4.20. The number of carbonyl (C=O) groups excluding carboxylic acids is 1. The highest BCUT2D eigenvalue weighted by Crippen LogP contribution is 2.53. The fourth-order valence-corrected chi connectivity index (χ4v) is 3.41. The van der Waals surface area contributed by atoms with Gasteiger partial charge in [-0.15, -0.1) is 6.42 Å². The molecule has 0 radical (unpaired) electrons. The quantitative estimate of drug-likeness (QED) is 0.435. The molecule has 1 fully saturated rings. The second kappa shape index (κ2) is 5.04. The van der Waals surface area contributed by atoms with E-state index in [-0.39, 0.29) is 16.8 Å². The summed E-state index contributed by atoms with van der Waals surface area (Å²) in [4.78, 5) is 11.2. The van der Waals surface area contributed by atoms with Crippen LogP contribution in [0.15, 0.2) is 12.2 Å². The minimum atomic E-state index is -0.850. The molecule has 0 aromatic rings. The van der Waals surface area contributed by atoms with Crippen LogP contribution in [0.25, 0.3) is 0 Å². The molecule has 1 aliphatic rings. The Morgan fingerprint density at radius 2 is 2.05 bits per heavy atom. The molecule has 2 atom stereocenters. The maximum atomic E-state index is 11.2. The highest BCUT2D eigenvalue weighted by Gasteiger charge is 2.45. The van der Waals surface area contributed by atoms with Crippen LogP contribution in [0.4, 0.5) is 0 Å². The average Bonchev–Trinajstić information content (AvgIpc) is 2.24. The summed E-state index contributed by atoms with van der Waals surface area (Å²) in [6, 6.07) is 0. The van der Waals surface area contributed by atoms with E-state index in [2.05, 4.69) is 33.3 Å². The van der Waals surface area contributed by atoms with Gasteiger partial charge in [-0.05, 0) is 30.6 Å². The SMILES string of the molecule is C#C[C@@](C)(C[C@]1(C)CCCC(C)(C)C1=C)OC(C)=O. The van der Waals surface area contributed by atoms with Gasteiger partial charge < -0.3 is 4.74 Å². The lowest BCUT2D eigenvalue weighted by molar-refractivity contribution is -0.152. The van der Waals surface area contributed by atoms with E-state index in [9.17, 15) is 4.79 Å². The van der Waals surface area contributed by atoms with Gasteiger partial charge in [0.25, 0.3) is 0 Å². The third-order valence-corrected chi connectivity index (χ3v) is 4.48. The average molecular weight is 262 g/mol. The molecule has 0 saturated heterocycles. The maximum absolute atomic E-state index is 11.2.